The summed E-state index contributed by atoms with van der Waals surface area (Å²) in [5.74, 6) is 1.41. The highest BCUT2D eigenvalue weighted by Crippen LogP contribution is 2.33. The summed E-state index contributed by atoms with van der Waals surface area (Å²) in [5.41, 5.74) is 0.752. The average molecular weight is 368 g/mol. The summed E-state index contributed by atoms with van der Waals surface area (Å²) in [6.45, 7) is 0.195. The zero-order chi connectivity index (χ0) is 16.1. The van der Waals surface area contributed by atoms with Gasteiger partial charge in [-0.3, -0.25) is 10.1 Å². The van der Waals surface area contributed by atoms with Gasteiger partial charge in [-0.15, -0.1) is 0 Å². The molecule has 2 aromatic rings. The third-order valence-electron chi connectivity index (χ3n) is 2.98. The lowest BCUT2D eigenvalue weighted by Crippen LogP contribution is -2.01. The Hall–Kier alpha value is -2.28. The minimum atomic E-state index is -0.480. The fourth-order valence-electron chi connectivity index (χ4n) is 1.91. The Bertz CT molecular complexity index is 690. The largest absolute Gasteiger partial charge is 0.496 e. The molecule has 0 heterocycles. The number of hydrogen-bond donors (Lipinski definition) is 0. The SMILES string of the molecule is COc1ccc(Br)cc1COc1cc([N+](=O)[O-])ccc1OC. The summed E-state index contributed by atoms with van der Waals surface area (Å²) >= 11 is 3.39. The quantitative estimate of drug-likeness (QED) is 0.570. The van der Waals surface area contributed by atoms with Crippen molar-refractivity contribution >= 4 is 21.6 Å². The molecule has 116 valence electrons. The maximum atomic E-state index is 10.9. The van der Waals surface area contributed by atoms with Crippen LogP contribution in [0.5, 0.6) is 17.2 Å². The zero-order valence-corrected chi connectivity index (χ0v) is 13.6. The smallest absolute Gasteiger partial charge is 0.273 e. The molecule has 7 heteroatoms. The molecule has 0 aromatic heterocycles. The van der Waals surface area contributed by atoms with Crippen molar-refractivity contribution in [3.8, 4) is 17.2 Å². The number of ether oxygens (including phenoxy) is 3. The van der Waals surface area contributed by atoms with Crippen molar-refractivity contribution in [2.45, 2.75) is 6.61 Å². The van der Waals surface area contributed by atoms with Gasteiger partial charge in [-0.25, -0.2) is 0 Å². The second-order valence-corrected chi connectivity index (χ2v) is 5.25. The molecular weight excluding hydrogens is 354 g/mol. The lowest BCUT2D eigenvalue weighted by Gasteiger charge is -2.13. The molecule has 0 aliphatic carbocycles. The molecule has 0 fully saturated rings. The van der Waals surface area contributed by atoms with Crippen LogP contribution in [-0.2, 0) is 6.61 Å². The molecule has 0 unspecified atom stereocenters. The van der Waals surface area contributed by atoms with Crippen LogP contribution in [0.15, 0.2) is 40.9 Å². The van der Waals surface area contributed by atoms with Crippen molar-refractivity contribution in [2.24, 2.45) is 0 Å². The second-order valence-electron chi connectivity index (χ2n) is 4.34. The monoisotopic (exact) mass is 367 g/mol. The standard InChI is InChI=1S/C15H14BrNO5/c1-20-13-5-3-11(16)7-10(13)9-22-15-8-12(17(18)19)4-6-14(15)21-2/h3-8H,9H2,1-2H3. The first-order chi connectivity index (χ1) is 10.5. The minimum absolute atomic E-state index is 0.0583. The maximum Gasteiger partial charge on any atom is 0.273 e. The molecule has 0 saturated heterocycles. The summed E-state index contributed by atoms with van der Waals surface area (Å²) in [6.07, 6.45) is 0. The van der Waals surface area contributed by atoms with Crippen molar-refractivity contribution in [3.63, 3.8) is 0 Å². The summed E-state index contributed by atoms with van der Waals surface area (Å²) in [5, 5.41) is 10.9. The van der Waals surface area contributed by atoms with Gasteiger partial charge in [0.05, 0.1) is 25.2 Å². The van der Waals surface area contributed by atoms with Crippen LogP contribution in [0.25, 0.3) is 0 Å². The fraction of sp³-hybridized carbons (Fsp3) is 0.200. The van der Waals surface area contributed by atoms with Gasteiger partial charge in [-0.05, 0) is 24.3 Å². The van der Waals surface area contributed by atoms with Gasteiger partial charge in [0, 0.05) is 16.1 Å². The van der Waals surface area contributed by atoms with E-state index in [0.717, 1.165) is 10.0 Å². The van der Waals surface area contributed by atoms with Crippen molar-refractivity contribution in [2.75, 3.05) is 14.2 Å². The Balaban J connectivity index is 2.25. The van der Waals surface area contributed by atoms with Crippen LogP contribution in [-0.4, -0.2) is 19.1 Å². The number of nitrogens with zero attached hydrogens (tertiary/aromatic N) is 1. The third kappa shape index (κ3) is 3.67. The molecule has 0 radical (unpaired) electrons. The number of nitro benzene ring substituents is 1. The van der Waals surface area contributed by atoms with Gasteiger partial charge in [0.15, 0.2) is 11.5 Å². The van der Waals surface area contributed by atoms with Crippen molar-refractivity contribution < 1.29 is 19.1 Å². The van der Waals surface area contributed by atoms with Gasteiger partial charge in [0.2, 0.25) is 0 Å². The summed E-state index contributed by atoms with van der Waals surface area (Å²) in [6, 6.07) is 9.74. The van der Waals surface area contributed by atoms with Crippen molar-refractivity contribution in [1.29, 1.82) is 0 Å². The Labute approximate surface area is 135 Å². The van der Waals surface area contributed by atoms with E-state index in [0.29, 0.717) is 17.2 Å². The topological polar surface area (TPSA) is 70.8 Å². The second kappa shape index (κ2) is 7.13. The molecule has 0 saturated carbocycles. The first-order valence-corrected chi connectivity index (χ1v) is 7.12. The van der Waals surface area contributed by atoms with Crippen LogP contribution in [0, 0.1) is 10.1 Å². The molecule has 2 rings (SSSR count). The molecule has 0 aliphatic rings. The van der Waals surface area contributed by atoms with Crippen LogP contribution < -0.4 is 14.2 Å². The number of benzene rings is 2. The van der Waals surface area contributed by atoms with Gasteiger partial charge in [0.1, 0.15) is 12.4 Å². The van der Waals surface area contributed by atoms with Gasteiger partial charge in [0.25, 0.3) is 5.69 Å². The van der Waals surface area contributed by atoms with Crippen LogP contribution in [0.4, 0.5) is 5.69 Å². The summed E-state index contributed by atoms with van der Waals surface area (Å²) < 4.78 is 17.0. The highest BCUT2D eigenvalue weighted by molar-refractivity contribution is 9.10. The Morgan fingerprint density at radius 1 is 1.05 bits per heavy atom. The summed E-state index contributed by atoms with van der Waals surface area (Å²) in [7, 11) is 3.05. The fourth-order valence-corrected chi connectivity index (χ4v) is 2.32. The molecule has 0 bridgehead atoms. The van der Waals surface area contributed by atoms with E-state index in [1.807, 2.05) is 18.2 Å². The first kappa shape index (κ1) is 16.1. The Morgan fingerprint density at radius 3 is 2.36 bits per heavy atom. The van der Waals surface area contributed by atoms with E-state index in [2.05, 4.69) is 15.9 Å². The minimum Gasteiger partial charge on any atom is -0.496 e. The van der Waals surface area contributed by atoms with Crippen molar-refractivity contribution in [3.05, 3.63) is 56.5 Å². The number of rotatable bonds is 6. The van der Waals surface area contributed by atoms with E-state index in [-0.39, 0.29) is 12.3 Å². The maximum absolute atomic E-state index is 10.9. The molecule has 0 amide bonds. The van der Waals surface area contributed by atoms with E-state index < -0.39 is 4.92 Å². The Kier molecular flexibility index (Phi) is 5.21. The predicted octanol–water partition coefficient (Wildman–Crippen LogP) is 3.95. The first-order valence-electron chi connectivity index (χ1n) is 6.32. The number of nitro groups is 1. The normalized spacial score (nSPS) is 10.1. The number of hydrogen-bond acceptors (Lipinski definition) is 5. The van der Waals surface area contributed by atoms with Crippen LogP contribution in [0.1, 0.15) is 5.56 Å². The van der Waals surface area contributed by atoms with E-state index in [1.54, 1.807) is 7.11 Å². The van der Waals surface area contributed by atoms with Gasteiger partial charge >= 0.3 is 0 Å². The van der Waals surface area contributed by atoms with Crippen LogP contribution >= 0.6 is 15.9 Å². The van der Waals surface area contributed by atoms with Gasteiger partial charge in [-0.1, -0.05) is 15.9 Å². The predicted molar refractivity (Wildman–Crippen MR) is 84.7 cm³/mol. The molecule has 0 aliphatic heterocycles. The number of methoxy groups -OCH3 is 2. The zero-order valence-electron chi connectivity index (χ0n) is 12.0. The highest BCUT2D eigenvalue weighted by atomic mass is 79.9. The summed E-state index contributed by atoms with van der Waals surface area (Å²) in [4.78, 5) is 10.4. The highest BCUT2D eigenvalue weighted by Gasteiger charge is 2.13. The molecule has 0 N–H and O–H groups in total. The van der Waals surface area contributed by atoms with Gasteiger partial charge < -0.3 is 14.2 Å². The van der Waals surface area contributed by atoms with E-state index >= 15 is 0 Å². The van der Waals surface area contributed by atoms with Crippen molar-refractivity contribution in [1.82, 2.24) is 0 Å². The lowest BCUT2D eigenvalue weighted by atomic mass is 10.2. The van der Waals surface area contributed by atoms with Crippen LogP contribution in [0.3, 0.4) is 0 Å². The van der Waals surface area contributed by atoms with E-state index in [9.17, 15) is 10.1 Å². The molecule has 2 aromatic carbocycles. The van der Waals surface area contributed by atoms with E-state index in [1.165, 1.54) is 25.3 Å². The average Bonchev–Trinajstić information content (AvgIpc) is 2.52. The van der Waals surface area contributed by atoms with E-state index in [4.69, 9.17) is 14.2 Å². The van der Waals surface area contributed by atoms with Gasteiger partial charge in [-0.2, -0.15) is 0 Å². The molecule has 0 atom stereocenters. The van der Waals surface area contributed by atoms with Crippen LogP contribution in [0.2, 0.25) is 0 Å². The number of halogens is 1. The molecule has 0 spiro atoms. The molecule has 6 nitrogen and oxygen atoms in total. The number of non-ortho nitro benzene ring substituents is 1. The Morgan fingerprint density at radius 2 is 1.73 bits per heavy atom. The molecule has 22 heavy (non-hydrogen) atoms. The third-order valence-corrected chi connectivity index (χ3v) is 3.48. The lowest BCUT2D eigenvalue weighted by molar-refractivity contribution is -0.385. The molecular formula is C15H14BrNO5.